The summed E-state index contributed by atoms with van der Waals surface area (Å²) in [6.07, 6.45) is 0.197. The Hall–Kier alpha value is -1.91. The van der Waals surface area contributed by atoms with Crippen molar-refractivity contribution in [2.24, 2.45) is 0 Å². The molecule has 0 bridgehead atoms. The fourth-order valence-electron chi connectivity index (χ4n) is 2.25. The molecule has 0 aliphatic rings. The summed E-state index contributed by atoms with van der Waals surface area (Å²) in [7, 11) is 1.46. The Labute approximate surface area is 137 Å². The quantitative estimate of drug-likeness (QED) is 0.859. The molecule has 0 aliphatic heterocycles. The van der Waals surface area contributed by atoms with Crippen LogP contribution in [0.15, 0.2) is 36.4 Å². The molecule has 0 amide bonds. The number of hydrogen-bond donors (Lipinski definition) is 2. The molecule has 0 aliphatic carbocycles. The van der Waals surface area contributed by atoms with Crippen molar-refractivity contribution in [3.05, 3.63) is 57.6 Å². The van der Waals surface area contributed by atoms with E-state index in [1.165, 1.54) is 19.2 Å². The molecule has 0 aromatic heterocycles. The van der Waals surface area contributed by atoms with E-state index in [4.69, 9.17) is 27.9 Å². The van der Waals surface area contributed by atoms with Gasteiger partial charge < -0.3 is 14.9 Å². The van der Waals surface area contributed by atoms with Crippen LogP contribution >= 0.6 is 23.2 Å². The van der Waals surface area contributed by atoms with Crippen molar-refractivity contribution >= 4 is 29.2 Å². The van der Waals surface area contributed by atoms with Crippen LogP contribution in [0.2, 0.25) is 10.0 Å². The van der Waals surface area contributed by atoms with Crippen molar-refractivity contribution in [2.45, 2.75) is 12.3 Å². The molecule has 2 aromatic rings. The van der Waals surface area contributed by atoms with Gasteiger partial charge in [-0.05, 0) is 41.8 Å². The van der Waals surface area contributed by atoms with Crippen LogP contribution in [0.5, 0.6) is 11.5 Å². The number of benzene rings is 2. The third kappa shape index (κ3) is 3.64. The highest BCUT2D eigenvalue weighted by Gasteiger charge is 2.22. The van der Waals surface area contributed by atoms with E-state index in [-0.39, 0.29) is 12.2 Å². The van der Waals surface area contributed by atoms with E-state index < -0.39 is 11.9 Å². The van der Waals surface area contributed by atoms with Gasteiger partial charge in [-0.2, -0.15) is 0 Å². The fraction of sp³-hybridized carbons (Fsp3) is 0.188. The van der Waals surface area contributed by atoms with Crippen LogP contribution in [0.25, 0.3) is 0 Å². The Kier molecular flexibility index (Phi) is 5.16. The van der Waals surface area contributed by atoms with E-state index in [0.29, 0.717) is 26.9 Å². The molecule has 0 radical (unpaired) electrons. The van der Waals surface area contributed by atoms with E-state index in [9.17, 15) is 15.0 Å². The van der Waals surface area contributed by atoms with Crippen LogP contribution in [0.1, 0.15) is 17.0 Å². The van der Waals surface area contributed by atoms with Gasteiger partial charge in [0.25, 0.3) is 0 Å². The number of carbonyl (C=O) groups is 1. The lowest BCUT2D eigenvalue weighted by molar-refractivity contribution is -0.138. The Balaban J connectivity index is 2.35. The SMILES string of the molecule is COc1c(Cl)cc(CC(C(=O)O)c2cccc(O)c2)cc1Cl. The Morgan fingerprint density at radius 1 is 1.23 bits per heavy atom. The number of aliphatic carboxylic acids is 1. The minimum atomic E-state index is -0.992. The molecule has 2 aromatic carbocycles. The summed E-state index contributed by atoms with van der Waals surface area (Å²) in [5, 5.41) is 19.6. The molecule has 0 fully saturated rings. The van der Waals surface area contributed by atoms with Crippen LogP contribution in [-0.2, 0) is 11.2 Å². The Morgan fingerprint density at radius 3 is 2.36 bits per heavy atom. The fourth-order valence-corrected chi connectivity index (χ4v) is 2.94. The van der Waals surface area contributed by atoms with Crippen LogP contribution in [0.3, 0.4) is 0 Å². The molecule has 0 spiro atoms. The van der Waals surface area contributed by atoms with Crippen molar-refractivity contribution in [2.75, 3.05) is 7.11 Å². The van der Waals surface area contributed by atoms with Gasteiger partial charge in [-0.15, -0.1) is 0 Å². The van der Waals surface area contributed by atoms with Crippen LogP contribution in [0, 0.1) is 0 Å². The Bertz CT molecular complexity index is 677. The lowest BCUT2D eigenvalue weighted by Crippen LogP contribution is -2.14. The summed E-state index contributed by atoms with van der Waals surface area (Å²) in [4.78, 5) is 11.5. The van der Waals surface area contributed by atoms with E-state index in [1.807, 2.05) is 0 Å². The van der Waals surface area contributed by atoms with Crippen molar-refractivity contribution in [1.29, 1.82) is 0 Å². The molecular weight excluding hydrogens is 327 g/mol. The average molecular weight is 341 g/mol. The van der Waals surface area contributed by atoms with E-state index in [0.717, 1.165) is 0 Å². The highest BCUT2D eigenvalue weighted by atomic mass is 35.5. The predicted octanol–water partition coefficient (Wildman–Crippen LogP) is 4.12. The van der Waals surface area contributed by atoms with Crippen molar-refractivity contribution in [1.82, 2.24) is 0 Å². The third-order valence-corrected chi connectivity index (χ3v) is 3.83. The largest absolute Gasteiger partial charge is 0.508 e. The summed E-state index contributed by atoms with van der Waals surface area (Å²) in [5.41, 5.74) is 1.18. The number of carboxylic acid groups (broad SMARTS) is 1. The summed E-state index contributed by atoms with van der Waals surface area (Å²) >= 11 is 12.1. The summed E-state index contributed by atoms with van der Waals surface area (Å²) in [5.74, 6) is -1.42. The zero-order valence-electron chi connectivity index (χ0n) is 11.7. The lowest BCUT2D eigenvalue weighted by Gasteiger charge is -2.15. The first kappa shape index (κ1) is 16.5. The second kappa shape index (κ2) is 6.90. The van der Waals surface area contributed by atoms with Gasteiger partial charge in [0.1, 0.15) is 5.75 Å². The van der Waals surface area contributed by atoms with Gasteiger partial charge in [0.15, 0.2) is 5.75 Å². The highest BCUT2D eigenvalue weighted by Crippen LogP contribution is 2.35. The van der Waals surface area contributed by atoms with Gasteiger partial charge in [-0.1, -0.05) is 35.3 Å². The van der Waals surface area contributed by atoms with Gasteiger partial charge in [-0.25, -0.2) is 0 Å². The average Bonchev–Trinajstić information content (AvgIpc) is 2.44. The highest BCUT2D eigenvalue weighted by molar-refractivity contribution is 6.37. The minimum Gasteiger partial charge on any atom is -0.508 e. The third-order valence-electron chi connectivity index (χ3n) is 3.27. The number of aromatic hydroxyl groups is 1. The van der Waals surface area contributed by atoms with Crippen molar-refractivity contribution in [3.63, 3.8) is 0 Å². The Morgan fingerprint density at radius 2 is 1.86 bits per heavy atom. The molecule has 6 heteroatoms. The molecule has 2 rings (SSSR count). The maximum atomic E-state index is 11.5. The first-order chi connectivity index (χ1) is 10.4. The van der Waals surface area contributed by atoms with Gasteiger partial charge in [0.05, 0.1) is 23.1 Å². The molecule has 1 unspecified atom stereocenters. The van der Waals surface area contributed by atoms with Gasteiger partial charge in [-0.3, -0.25) is 4.79 Å². The molecule has 0 saturated heterocycles. The number of hydrogen-bond acceptors (Lipinski definition) is 3. The van der Waals surface area contributed by atoms with Crippen molar-refractivity contribution < 1.29 is 19.7 Å². The zero-order chi connectivity index (χ0) is 16.3. The second-order valence-electron chi connectivity index (χ2n) is 4.78. The standard InChI is InChI=1S/C16H14Cl2O4/c1-22-15-13(17)6-9(7-14(15)18)5-12(16(20)21)10-3-2-4-11(19)8-10/h2-4,6-8,12,19H,5H2,1H3,(H,20,21). The number of ether oxygens (including phenoxy) is 1. The number of phenols is 1. The van der Waals surface area contributed by atoms with Gasteiger partial charge in [0.2, 0.25) is 0 Å². The number of carboxylic acids is 1. The lowest BCUT2D eigenvalue weighted by atomic mass is 9.92. The number of halogens is 2. The summed E-state index contributed by atoms with van der Waals surface area (Å²) < 4.78 is 5.07. The first-order valence-electron chi connectivity index (χ1n) is 6.46. The van der Waals surface area contributed by atoms with Crippen LogP contribution in [-0.4, -0.2) is 23.3 Å². The van der Waals surface area contributed by atoms with E-state index in [1.54, 1.807) is 24.3 Å². The minimum absolute atomic E-state index is 0.0227. The summed E-state index contributed by atoms with van der Waals surface area (Å²) in [6, 6.07) is 9.45. The smallest absolute Gasteiger partial charge is 0.311 e. The molecule has 0 heterocycles. The molecule has 0 saturated carbocycles. The predicted molar refractivity (Wildman–Crippen MR) is 85.2 cm³/mol. The maximum Gasteiger partial charge on any atom is 0.311 e. The topological polar surface area (TPSA) is 66.8 Å². The van der Waals surface area contributed by atoms with Gasteiger partial charge >= 0.3 is 5.97 Å². The first-order valence-corrected chi connectivity index (χ1v) is 7.21. The number of methoxy groups -OCH3 is 1. The van der Waals surface area contributed by atoms with Gasteiger partial charge in [0, 0.05) is 0 Å². The van der Waals surface area contributed by atoms with Crippen LogP contribution in [0.4, 0.5) is 0 Å². The van der Waals surface area contributed by atoms with E-state index >= 15 is 0 Å². The molecule has 116 valence electrons. The number of phenolic OH excluding ortho intramolecular Hbond substituents is 1. The molecule has 1 atom stereocenters. The summed E-state index contributed by atoms with van der Waals surface area (Å²) in [6.45, 7) is 0. The zero-order valence-corrected chi connectivity index (χ0v) is 13.2. The van der Waals surface area contributed by atoms with Crippen molar-refractivity contribution in [3.8, 4) is 11.5 Å². The van der Waals surface area contributed by atoms with Crippen LogP contribution < -0.4 is 4.74 Å². The second-order valence-corrected chi connectivity index (χ2v) is 5.60. The molecule has 22 heavy (non-hydrogen) atoms. The number of rotatable bonds is 5. The normalized spacial score (nSPS) is 12.0. The monoisotopic (exact) mass is 340 g/mol. The molecular formula is C16H14Cl2O4. The van der Waals surface area contributed by atoms with E-state index in [2.05, 4.69) is 0 Å². The molecule has 2 N–H and O–H groups in total. The maximum absolute atomic E-state index is 11.5. The molecule has 4 nitrogen and oxygen atoms in total.